The van der Waals surface area contributed by atoms with Crippen LogP contribution in [-0.2, 0) is 47.6 Å². The smallest absolute Gasteiger partial charge is 0.338 e. The van der Waals surface area contributed by atoms with Gasteiger partial charge in [0.2, 0.25) is 12.4 Å². The van der Waals surface area contributed by atoms with Crippen molar-refractivity contribution >= 4 is 29.8 Å². The standard InChI is InChI=1S/C24H30O12/c1-6-11-30-23(29)17-7-9-18(10-8-17)35-24-22(34-16(5)28)21(33-15(4)27)20(32-14(3)26)19(36-24)12-31-13(2)25/h7-10,19-22,24H,6,11-12H2,1-5H3/t19-,20-,21+,22-,24-/m1/s1. The Kier molecular flexibility index (Phi) is 10.7. The Morgan fingerprint density at radius 3 is 1.83 bits per heavy atom. The molecule has 0 unspecified atom stereocenters. The lowest BCUT2D eigenvalue weighted by Crippen LogP contribution is -2.63. The Bertz CT molecular complexity index is 941. The molecule has 1 aliphatic rings. The van der Waals surface area contributed by atoms with Crippen LogP contribution in [0.4, 0.5) is 0 Å². The van der Waals surface area contributed by atoms with E-state index in [1.54, 1.807) is 0 Å². The molecule has 0 aromatic heterocycles. The number of hydrogen-bond acceptors (Lipinski definition) is 12. The first kappa shape index (κ1) is 28.6. The molecule has 1 saturated heterocycles. The number of benzene rings is 1. The zero-order chi connectivity index (χ0) is 26.8. The molecule has 1 heterocycles. The second-order valence-electron chi connectivity index (χ2n) is 7.85. The van der Waals surface area contributed by atoms with E-state index in [1.165, 1.54) is 31.2 Å². The number of carbonyl (C=O) groups is 5. The van der Waals surface area contributed by atoms with E-state index in [0.29, 0.717) is 6.42 Å². The van der Waals surface area contributed by atoms with E-state index in [1.807, 2.05) is 6.92 Å². The minimum Gasteiger partial charge on any atom is -0.463 e. The van der Waals surface area contributed by atoms with Gasteiger partial charge in [0.05, 0.1) is 12.2 Å². The molecule has 0 N–H and O–H groups in total. The Labute approximate surface area is 208 Å². The molecule has 12 heteroatoms. The fourth-order valence-corrected chi connectivity index (χ4v) is 3.37. The third-order valence-corrected chi connectivity index (χ3v) is 4.73. The Balaban J connectivity index is 2.37. The quantitative estimate of drug-likeness (QED) is 0.333. The van der Waals surface area contributed by atoms with Crippen molar-refractivity contribution < 1.29 is 57.1 Å². The molecule has 0 saturated carbocycles. The molecule has 0 amide bonds. The summed E-state index contributed by atoms with van der Waals surface area (Å²) in [6.45, 7) is 6.34. The lowest BCUT2D eigenvalue weighted by atomic mass is 9.98. The molecule has 2 rings (SSSR count). The van der Waals surface area contributed by atoms with E-state index < -0.39 is 60.6 Å². The summed E-state index contributed by atoms with van der Waals surface area (Å²) < 4.78 is 37.9. The highest BCUT2D eigenvalue weighted by atomic mass is 16.7. The molecule has 198 valence electrons. The van der Waals surface area contributed by atoms with Crippen molar-refractivity contribution in [3.8, 4) is 5.75 Å². The van der Waals surface area contributed by atoms with Gasteiger partial charge in [-0.05, 0) is 30.7 Å². The summed E-state index contributed by atoms with van der Waals surface area (Å²) >= 11 is 0. The Morgan fingerprint density at radius 2 is 1.31 bits per heavy atom. The van der Waals surface area contributed by atoms with Gasteiger partial charge in [-0.2, -0.15) is 0 Å². The molecule has 1 fully saturated rings. The van der Waals surface area contributed by atoms with E-state index in [2.05, 4.69) is 0 Å². The summed E-state index contributed by atoms with van der Waals surface area (Å²) in [6.07, 6.45) is -5.83. The molecule has 1 aromatic rings. The summed E-state index contributed by atoms with van der Waals surface area (Å²) in [6, 6.07) is 5.88. The summed E-state index contributed by atoms with van der Waals surface area (Å²) in [5.74, 6) is -3.16. The zero-order valence-electron chi connectivity index (χ0n) is 20.7. The highest BCUT2D eigenvalue weighted by molar-refractivity contribution is 5.89. The average Bonchev–Trinajstić information content (AvgIpc) is 2.79. The van der Waals surface area contributed by atoms with Gasteiger partial charge >= 0.3 is 29.8 Å². The zero-order valence-corrected chi connectivity index (χ0v) is 20.7. The van der Waals surface area contributed by atoms with Gasteiger partial charge in [0, 0.05) is 27.7 Å². The van der Waals surface area contributed by atoms with Crippen molar-refractivity contribution in [1.82, 2.24) is 0 Å². The van der Waals surface area contributed by atoms with Crippen LogP contribution < -0.4 is 4.74 Å². The van der Waals surface area contributed by atoms with Crippen LogP contribution in [0.5, 0.6) is 5.75 Å². The van der Waals surface area contributed by atoms with Crippen LogP contribution in [0, 0.1) is 0 Å². The number of rotatable bonds is 10. The van der Waals surface area contributed by atoms with Crippen LogP contribution in [-0.4, -0.2) is 73.8 Å². The van der Waals surface area contributed by atoms with Crippen molar-refractivity contribution in [2.24, 2.45) is 0 Å². The van der Waals surface area contributed by atoms with Gasteiger partial charge < -0.3 is 33.2 Å². The van der Waals surface area contributed by atoms with E-state index in [0.717, 1.165) is 20.8 Å². The Morgan fingerprint density at radius 1 is 0.750 bits per heavy atom. The highest BCUT2D eigenvalue weighted by Gasteiger charge is 2.53. The van der Waals surface area contributed by atoms with Gasteiger partial charge in [0.15, 0.2) is 12.2 Å². The van der Waals surface area contributed by atoms with Gasteiger partial charge in [-0.3, -0.25) is 19.2 Å². The lowest BCUT2D eigenvalue weighted by molar-refractivity contribution is -0.288. The van der Waals surface area contributed by atoms with Gasteiger partial charge in [0.1, 0.15) is 18.5 Å². The van der Waals surface area contributed by atoms with E-state index in [9.17, 15) is 24.0 Å². The molecule has 36 heavy (non-hydrogen) atoms. The van der Waals surface area contributed by atoms with Gasteiger partial charge in [-0.1, -0.05) is 6.92 Å². The van der Waals surface area contributed by atoms with E-state index in [4.69, 9.17) is 33.2 Å². The molecule has 5 atom stereocenters. The summed E-state index contributed by atoms with van der Waals surface area (Å²) in [7, 11) is 0. The third-order valence-electron chi connectivity index (χ3n) is 4.73. The third kappa shape index (κ3) is 8.52. The first-order valence-corrected chi connectivity index (χ1v) is 11.3. The van der Waals surface area contributed by atoms with Crippen LogP contribution in [0.1, 0.15) is 51.4 Å². The Hall–Kier alpha value is -3.67. The predicted octanol–water partition coefficient (Wildman–Crippen LogP) is 1.72. The lowest BCUT2D eigenvalue weighted by Gasteiger charge is -2.43. The number of ether oxygens (including phenoxy) is 7. The topological polar surface area (TPSA) is 150 Å². The van der Waals surface area contributed by atoms with Crippen LogP contribution in [0.25, 0.3) is 0 Å². The van der Waals surface area contributed by atoms with Crippen LogP contribution >= 0.6 is 0 Å². The number of esters is 5. The normalized spacial score (nSPS) is 23.1. The summed E-state index contributed by atoms with van der Waals surface area (Å²) in [5, 5.41) is 0. The molecule has 12 nitrogen and oxygen atoms in total. The highest BCUT2D eigenvalue weighted by Crippen LogP contribution is 2.31. The number of carbonyl (C=O) groups excluding carboxylic acids is 5. The average molecular weight is 510 g/mol. The summed E-state index contributed by atoms with van der Waals surface area (Å²) in [5.41, 5.74) is 0.289. The molecular weight excluding hydrogens is 480 g/mol. The molecule has 0 spiro atoms. The van der Waals surface area contributed by atoms with Crippen molar-refractivity contribution in [2.75, 3.05) is 13.2 Å². The first-order chi connectivity index (χ1) is 17.0. The fourth-order valence-electron chi connectivity index (χ4n) is 3.37. The SMILES string of the molecule is CCCOC(=O)c1ccc(O[C@@H]2O[C@H](COC(C)=O)[C@@H](OC(C)=O)[C@H](OC(C)=O)[C@H]2OC(C)=O)cc1. The van der Waals surface area contributed by atoms with Crippen LogP contribution in [0.3, 0.4) is 0 Å². The number of hydrogen-bond donors (Lipinski definition) is 0. The molecule has 0 radical (unpaired) electrons. The van der Waals surface area contributed by atoms with E-state index in [-0.39, 0.29) is 24.5 Å². The maximum absolute atomic E-state index is 12.0. The second-order valence-corrected chi connectivity index (χ2v) is 7.85. The first-order valence-electron chi connectivity index (χ1n) is 11.3. The summed E-state index contributed by atoms with van der Waals surface area (Å²) in [4.78, 5) is 59.0. The van der Waals surface area contributed by atoms with Crippen molar-refractivity contribution in [3.63, 3.8) is 0 Å². The second kappa shape index (κ2) is 13.4. The monoisotopic (exact) mass is 510 g/mol. The van der Waals surface area contributed by atoms with Crippen molar-refractivity contribution in [3.05, 3.63) is 29.8 Å². The van der Waals surface area contributed by atoms with Gasteiger partial charge in [0.25, 0.3) is 0 Å². The maximum atomic E-state index is 12.0. The van der Waals surface area contributed by atoms with Gasteiger partial charge in [-0.15, -0.1) is 0 Å². The van der Waals surface area contributed by atoms with Crippen LogP contribution in [0.15, 0.2) is 24.3 Å². The molecule has 1 aliphatic heterocycles. The van der Waals surface area contributed by atoms with Crippen molar-refractivity contribution in [1.29, 1.82) is 0 Å². The fraction of sp³-hybridized carbons (Fsp3) is 0.542. The predicted molar refractivity (Wildman–Crippen MR) is 120 cm³/mol. The van der Waals surface area contributed by atoms with Crippen LogP contribution in [0.2, 0.25) is 0 Å². The maximum Gasteiger partial charge on any atom is 0.338 e. The van der Waals surface area contributed by atoms with E-state index >= 15 is 0 Å². The minimum atomic E-state index is -1.37. The molecule has 1 aromatic carbocycles. The van der Waals surface area contributed by atoms with Crippen molar-refractivity contribution in [2.45, 2.75) is 71.7 Å². The molecule has 0 aliphatic carbocycles. The molecular formula is C24H30O12. The largest absolute Gasteiger partial charge is 0.463 e. The minimum absolute atomic E-state index is 0.211. The van der Waals surface area contributed by atoms with Gasteiger partial charge in [-0.25, -0.2) is 4.79 Å². The molecule has 0 bridgehead atoms.